The summed E-state index contributed by atoms with van der Waals surface area (Å²) in [6, 6.07) is 0. The van der Waals surface area contributed by atoms with Gasteiger partial charge in [-0.25, -0.2) is 0 Å². The van der Waals surface area contributed by atoms with Gasteiger partial charge in [0, 0.05) is 58.3 Å². The van der Waals surface area contributed by atoms with Crippen LogP contribution in [-0.2, 0) is 19.6 Å². The smallest absolute Gasteiger partial charge is 0.302 e. The van der Waals surface area contributed by atoms with Crippen molar-refractivity contribution >= 4 is 67.5 Å². The maximum atomic E-state index is 10.3. The van der Waals surface area contributed by atoms with Gasteiger partial charge in [-0.1, -0.05) is 12.8 Å². The Balaban J connectivity index is 0. The molecule has 0 saturated heterocycles. The molecule has 15 heavy (non-hydrogen) atoms. The molecule has 0 saturated carbocycles. The second-order valence-corrected chi connectivity index (χ2v) is 4.61. The summed E-state index contributed by atoms with van der Waals surface area (Å²) >= 11 is 0. The quantitative estimate of drug-likeness (QED) is 0.315. The minimum atomic E-state index is -3.82. The summed E-state index contributed by atoms with van der Waals surface area (Å²) in [7, 11) is -3.82. The number of rotatable bonds is 7. The molecule has 0 atom stereocenters. The van der Waals surface area contributed by atoms with Gasteiger partial charge in [0.1, 0.15) is 0 Å². The molecule has 0 spiro atoms. The molecule has 0 unspecified atom stereocenters. The van der Waals surface area contributed by atoms with Crippen LogP contribution in [0.25, 0.3) is 0 Å². The first kappa shape index (κ1) is 18.4. The Labute approximate surface area is 133 Å². The fourth-order valence-corrected chi connectivity index (χ4v) is 1.52. The van der Waals surface area contributed by atoms with Crippen LogP contribution in [0.15, 0.2) is 0 Å². The molecule has 1 N–H and O–H groups in total. The van der Waals surface area contributed by atoms with Gasteiger partial charge in [-0.2, -0.15) is 8.42 Å². The summed E-state index contributed by atoms with van der Waals surface area (Å²) in [5.41, 5.74) is 0. The van der Waals surface area contributed by atoms with E-state index in [0.717, 1.165) is 12.8 Å². The van der Waals surface area contributed by atoms with Gasteiger partial charge in [0.05, 0.1) is 12.4 Å². The number of hydrogen-bond donors (Lipinski definition) is 1. The molecule has 0 aromatic rings. The Morgan fingerprint density at radius 1 is 1.20 bits per heavy atom. The zero-order valence-electron chi connectivity index (χ0n) is 9.23. The first-order chi connectivity index (χ1) is 6.42. The zero-order chi connectivity index (χ0) is 11.0. The molecule has 0 aliphatic heterocycles. The van der Waals surface area contributed by atoms with E-state index in [1.54, 1.807) is 0 Å². The van der Waals surface area contributed by atoms with Crippen LogP contribution in [-0.4, -0.2) is 82.7 Å². The second kappa shape index (κ2) is 10.2. The second-order valence-electron chi connectivity index (χ2n) is 3.04. The van der Waals surface area contributed by atoms with Crippen molar-refractivity contribution in [2.75, 3.05) is 12.4 Å². The summed E-state index contributed by atoms with van der Waals surface area (Å²) in [6.07, 6.45) is 2.67. The van der Waals surface area contributed by atoms with Crippen molar-refractivity contribution in [3.63, 3.8) is 0 Å². The van der Waals surface area contributed by atoms with Gasteiger partial charge >= 0.3 is 5.97 Å². The molecule has 7 heteroatoms. The molecule has 0 fully saturated rings. The summed E-state index contributed by atoms with van der Waals surface area (Å²) in [5, 5.41) is 0. The molecule has 1 radical (unpaired) electrons. The summed E-state index contributed by atoms with van der Waals surface area (Å²) in [4.78, 5) is 10.3. The Morgan fingerprint density at radius 3 is 2.20 bits per heavy atom. The molecule has 0 amide bonds. The standard InChI is InChI=1S/C8H16O5S.K/c1-8(9)13-6-4-2-3-5-7-14(10,11)12;/h2-7H2,1H3,(H,10,11,12);. The van der Waals surface area contributed by atoms with Crippen molar-refractivity contribution in [1.82, 2.24) is 0 Å². The predicted molar refractivity (Wildman–Crippen MR) is 57.3 cm³/mol. The van der Waals surface area contributed by atoms with Gasteiger partial charge in [0.25, 0.3) is 10.1 Å². The summed E-state index contributed by atoms with van der Waals surface area (Å²) in [5.74, 6) is -0.497. The zero-order valence-corrected chi connectivity index (χ0v) is 13.2. The summed E-state index contributed by atoms with van der Waals surface area (Å²) < 4.78 is 33.7. The van der Waals surface area contributed by atoms with Crippen LogP contribution in [0, 0.1) is 0 Å². The third-order valence-electron chi connectivity index (χ3n) is 1.60. The number of unbranched alkanes of at least 4 members (excludes halogenated alkanes) is 3. The van der Waals surface area contributed by atoms with Crippen molar-refractivity contribution < 1.29 is 22.5 Å². The van der Waals surface area contributed by atoms with E-state index < -0.39 is 10.1 Å². The average Bonchev–Trinajstić information content (AvgIpc) is 2.00. The SMILES string of the molecule is CC(=O)OCCCCCCS(=O)(=O)O.[K]. The predicted octanol–water partition coefficient (Wildman–Crippen LogP) is 0.617. The molecule has 0 aliphatic rings. The molecule has 0 aliphatic carbocycles. The molecule has 0 aromatic carbocycles. The first-order valence-electron chi connectivity index (χ1n) is 4.50. The van der Waals surface area contributed by atoms with Crippen LogP contribution >= 0.6 is 0 Å². The van der Waals surface area contributed by atoms with E-state index in [4.69, 9.17) is 4.55 Å². The third kappa shape index (κ3) is 17.6. The largest absolute Gasteiger partial charge is 0.466 e. The van der Waals surface area contributed by atoms with E-state index in [-0.39, 0.29) is 63.1 Å². The molecule has 0 heterocycles. The van der Waals surface area contributed by atoms with E-state index in [9.17, 15) is 13.2 Å². The normalized spacial score (nSPS) is 10.5. The van der Waals surface area contributed by atoms with E-state index >= 15 is 0 Å². The minimum Gasteiger partial charge on any atom is -0.466 e. The molecule has 5 nitrogen and oxygen atoms in total. The monoisotopic (exact) mass is 263 g/mol. The van der Waals surface area contributed by atoms with Crippen LogP contribution in [0.4, 0.5) is 0 Å². The topological polar surface area (TPSA) is 80.7 Å². The van der Waals surface area contributed by atoms with Gasteiger partial charge in [-0.15, -0.1) is 0 Å². The Hall–Kier alpha value is 1.02. The Bertz CT molecular complexity index is 262. The maximum Gasteiger partial charge on any atom is 0.302 e. The number of hydrogen-bond acceptors (Lipinski definition) is 4. The molecule has 0 rings (SSSR count). The van der Waals surface area contributed by atoms with Crippen LogP contribution in [0.5, 0.6) is 0 Å². The van der Waals surface area contributed by atoms with Crippen LogP contribution in [0.2, 0.25) is 0 Å². The minimum absolute atomic E-state index is 0. The van der Waals surface area contributed by atoms with E-state index in [1.807, 2.05) is 0 Å². The fraction of sp³-hybridized carbons (Fsp3) is 0.875. The maximum absolute atomic E-state index is 10.3. The Morgan fingerprint density at radius 2 is 1.73 bits per heavy atom. The molecule has 0 bridgehead atoms. The molecular weight excluding hydrogens is 247 g/mol. The van der Waals surface area contributed by atoms with Gasteiger partial charge < -0.3 is 4.74 Å². The van der Waals surface area contributed by atoms with Crippen molar-refractivity contribution in [2.24, 2.45) is 0 Å². The fourth-order valence-electron chi connectivity index (χ4n) is 0.956. The number of ether oxygens (including phenoxy) is 1. The van der Waals surface area contributed by atoms with E-state index in [1.165, 1.54) is 6.92 Å². The van der Waals surface area contributed by atoms with Gasteiger partial charge in [-0.3, -0.25) is 9.35 Å². The van der Waals surface area contributed by atoms with E-state index in [2.05, 4.69) is 4.74 Å². The first-order valence-corrected chi connectivity index (χ1v) is 6.11. The van der Waals surface area contributed by atoms with Crippen LogP contribution in [0.1, 0.15) is 32.6 Å². The molecule has 85 valence electrons. The van der Waals surface area contributed by atoms with Crippen molar-refractivity contribution in [2.45, 2.75) is 32.6 Å². The third-order valence-corrected chi connectivity index (χ3v) is 2.41. The van der Waals surface area contributed by atoms with Gasteiger partial charge in [-0.05, 0) is 12.8 Å². The van der Waals surface area contributed by atoms with Crippen LogP contribution in [0.3, 0.4) is 0 Å². The number of carbonyl (C=O) groups excluding carboxylic acids is 1. The van der Waals surface area contributed by atoms with Gasteiger partial charge in [0.2, 0.25) is 0 Å². The van der Waals surface area contributed by atoms with Crippen molar-refractivity contribution in [1.29, 1.82) is 0 Å². The van der Waals surface area contributed by atoms with E-state index in [0.29, 0.717) is 19.4 Å². The average molecular weight is 263 g/mol. The van der Waals surface area contributed by atoms with Crippen molar-refractivity contribution in [3.8, 4) is 0 Å². The summed E-state index contributed by atoms with van der Waals surface area (Å²) in [6.45, 7) is 1.72. The number of esters is 1. The molecule has 0 aromatic heterocycles. The Kier molecular flexibility index (Phi) is 12.5. The molecular formula is C8H16KO5S. The van der Waals surface area contributed by atoms with Crippen LogP contribution < -0.4 is 0 Å². The van der Waals surface area contributed by atoms with Gasteiger partial charge in [0.15, 0.2) is 0 Å². The van der Waals surface area contributed by atoms with Crippen molar-refractivity contribution in [3.05, 3.63) is 0 Å². The number of carbonyl (C=O) groups is 1.